The number of imidazole rings is 1. The first-order valence-electron chi connectivity index (χ1n) is 22.5. The maximum Gasteiger partial charge on any atom is 0.408 e. The van der Waals surface area contributed by atoms with Gasteiger partial charge in [0.05, 0.1) is 23.5 Å². The summed E-state index contributed by atoms with van der Waals surface area (Å²) in [5.41, 5.74) is 12.8. The van der Waals surface area contributed by atoms with Crippen molar-refractivity contribution in [1.29, 1.82) is 0 Å². The van der Waals surface area contributed by atoms with Crippen molar-refractivity contribution in [2.24, 2.45) is 17.1 Å². The molecule has 64 heavy (non-hydrogen) atoms. The highest BCUT2D eigenvalue weighted by Gasteiger charge is 2.48. The topological polar surface area (TPSA) is 151 Å². The minimum atomic E-state index is -4.52. The highest BCUT2D eigenvalue weighted by molar-refractivity contribution is 6.31. The second-order valence-corrected chi connectivity index (χ2v) is 18.5. The molecule has 2 atom stereocenters. The number of nitrogens with one attached hydrogen (secondary N) is 2. The molecular weight excluding hydrogens is 843 g/mol. The number of benzene rings is 2. The molecule has 6 heterocycles. The van der Waals surface area contributed by atoms with Crippen LogP contribution in [-0.2, 0) is 22.4 Å². The second kappa shape index (κ2) is 17.8. The SMILES string of the molecule is C1CC1.CNc1cc(N2CCc3c(-c4ccc(CC5CCC6(CC5)CCN(C(c5ccc(Cl)c(C7CCC(=O)NC7=O)c5)C(F)(F)F)CC6)cn4)cccc32)nn2c(C(N)=O)cnc12. The number of nitrogens with two attached hydrogens (primary N) is 1. The van der Waals surface area contributed by atoms with E-state index in [-0.39, 0.29) is 34.5 Å². The number of aromatic nitrogens is 4. The summed E-state index contributed by atoms with van der Waals surface area (Å²) in [5.74, 6) is -1.15. The van der Waals surface area contributed by atoms with E-state index in [2.05, 4.69) is 44.8 Å². The summed E-state index contributed by atoms with van der Waals surface area (Å²) >= 11 is 6.42. The molecule has 336 valence electrons. The van der Waals surface area contributed by atoms with E-state index >= 15 is 0 Å². The molecule has 2 aromatic carbocycles. The lowest BCUT2D eigenvalue weighted by molar-refractivity contribution is -0.192. The maximum absolute atomic E-state index is 14.8. The number of carbonyl (C=O) groups is 3. The van der Waals surface area contributed by atoms with Crippen LogP contribution in [0.4, 0.5) is 30.4 Å². The number of piperidine rings is 2. The number of rotatable bonds is 9. The van der Waals surface area contributed by atoms with Crippen molar-refractivity contribution in [3.63, 3.8) is 0 Å². The predicted molar refractivity (Wildman–Crippen MR) is 240 cm³/mol. The summed E-state index contributed by atoms with van der Waals surface area (Å²) in [4.78, 5) is 49.4. The molecule has 3 aromatic heterocycles. The number of fused-ring (bicyclic) bond motifs is 2. The van der Waals surface area contributed by atoms with E-state index in [1.807, 2.05) is 18.3 Å². The van der Waals surface area contributed by atoms with Crippen LogP contribution in [0, 0.1) is 11.3 Å². The first kappa shape index (κ1) is 43.7. The van der Waals surface area contributed by atoms with Gasteiger partial charge >= 0.3 is 6.18 Å². The molecule has 12 nitrogen and oxygen atoms in total. The monoisotopic (exact) mass is 895 g/mol. The molecule has 16 heteroatoms. The van der Waals surface area contributed by atoms with Crippen molar-refractivity contribution >= 4 is 52.2 Å². The predicted octanol–water partition coefficient (Wildman–Crippen LogP) is 9.09. The largest absolute Gasteiger partial charge is 0.408 e. The second-order valence-electron chi connectivity index (χ2n) is 18.1. The maximum atomic E-state index is 14.8. The average molecular weight is 896 g/mol. The fraction of sp³-hybridized carbons (Fsp3) is 0.458. The van der Waals surface area contributed by atoms with Gasteiger partial charge in [-0.1, -0.05) is 61.2 Å². The summed E-state index contributed by atoms with van der Waals surface area (Å²) in [7, 11) is 1.80. The third kappa shape index (κ3) is 8.93. The third-order valence-corrected chi connectivity index (χ3v) is 14.3. The molecule has 2 unspecified atom stereocenters. The van der Waals surface area contributed by atoms with Crippen molar-refractivity contribution in [3.05, 3.63) is 100.0 Å². The number of primary amides is 1. The number of amides is 3. The number of nitrogens with zero attached hydrogens (tertiary/aromatic N) is 6. The molecular formula is C48H53ClF3N9O3. The molecule has 10 rings (SSSR count). The minimum absolute atomic E-state index is 0.0312. The fourth-order valence-electron chi connectivity index (χ4n) is 10.2. The molecule has 4 N–H and O–H groups in total. The normalized spacial score (nSPS) is 20.4. The van der Waals surface area contributed by atoms with E-state index in [0.29, 0.717) is 55.4 Å². The van der Waals surface area contributed by atoms with Crippen LogP contribution >= 0.6 is 11.6 Å². The van der Waals surface area contributed by atoms with Crippen molar-refractivity contribution < 1.29 is 27.6 Å². The Morgan fingerprint density at radius 3 is 2.38 bits per heavy atom. The van der Waals surface area contributed by atoms with E-state index in [1.165, 1.54) is 59.3 Å². The summed E-state index contributed by atoms with van der Waals surface area (Å²) < 4.78 is 45.9. The van der Waals surface area contributed by atoms with Crippen LogP contribution in [0.5, 0.6) is 0 Å². The Bertz CT molecular complexity index is 2560. The van der Waals surface area contributed by atoms with E-state index in [9.17, 15) is 27.6 Å². The van der Waals surface area contributed by atoms with Crippen LogP contribution in [-0.4, -0.2) is 75.1 Å². The number of pyridine rings is 1. The molecule has 0 bridgehead atoms. The number of likely N-dealkylation sites (tertiary alicyclic amines) is 1. The fourth-order valence-corrected chi connectivity index (χ4v) is 10.5. The zero-order valence-electron chi connectivity index (χ0n) is 35.9. The minimum Gasteiger partial charge on any atom is -0.385 e. The number of hydrogen-bond donors (Lipinski definition) is 3. The highest BCUT2D eigenvalue weighted by Crippen LogP contribution is 2.50. The molecule has 5 aromatic rings. The summed E-state index contributed by atoms with van der Waals surface area (Å²) in [6.07, 6.45) is 10.8. The first-order chi connectivity index (χ1) is 30.8. The van der Waals surface area contributed by atoms with Crippen molar-refractivity contribution in [2.75, 3.05) is 36.9 Å². The standard InChI is InChI=1S/C45H47ClF3N9O3.C3H6/c1-51-35-23-38(55-58-37(41(50)60)25-53-42(35)58)57-18-13-30-29(3-2-4-36(30)57)34-9-5-27(24-52-34)21-26-11-14-44(15-12-26)16-19-56(20-17-44)40(45(47,48)49)28-6-8-33(46)32(22-28)31-7-10-39(59)54-43(31)61;1-2-3-1/h2-6,8-9,22-26,31,40,51H,7,10-21H2,1H3,(H2,50,60)(H,54,59,61);1-3H2. The Kier molecular flexibility index (Phi) is 12.1. The van der Waals surface area contributed by atoms with Crippen LogP contribution in [0.25, 0.3) is 16.9 Å². The van der Waals surface area contributed by atoms with Crippen LogP contribution in [0.3, 0.4) is 0 Å². The smallest absolute Gasteiger partial charge is 0.385 e. The lowest BCUT2D eigenvalue weighted by Gasteiger charge is -2.48. The number of carbonyl (C=O) groups excluding carboxylic acids is 3. The van der Waals surface area contributed by atoms with E-state index < -0.39 is 35.9 Å². The summed E-state index contributed by atoms with van der Waals surface area (Å²) in [5, 5.41) is 10.4. The third-order valence-electron chi connectivity index (χ3n) is 13.9. The Morgan fingerprint density at radius 2 is 1.72 bits per heavy atom. The van der Waals surface area contributed by atoms with Gasteiger partial charge < -0.3 is 16.0 Å². The van der Waals surface area contributed by atoms with E-state index in [4.69, 9.17) is 27.4 Å². The Labute approximate surface area is 375 Å². The van der Waals surface area contributed by atoms with Gasteiger partial charge in [-0.25, -0.2) is 9.50 Å². The van der Waals surface area contributed by atoms with Gasteiger partial charge in [0, 0.05) is 48.5 Å². The zero-order valence-corrected chi connectivity index (χ0v) is 36.6. The molecule has 4 fully saturated rings. The van der Waals surface area contributed by atoms with Gasteiger partial charge in [-0.3, -0.25) is 29.6 Å². The van der Waals surface area contributed by atoms with Gasteiger partial charge in [0.1, 0.15) is 11.7 Å². The lowest BCUT2D eigenvalue weighted by atomic mass is 9.64. The quantitative estimate of drug-likeness (QED) is 0.123. The molecule has 5 aliphatic rings. The summed E-state index contributed by atoms with van der Waals surface area (Å²) in [6, 6.07) is 14.8. The molecule has 3 aliphatic heterocycles. The van der Waals surface area contributed by atoms with Gasteiger partial charge in [0.25, 0.3) is 5.91 Å². The highest BCUT2D eigenvalue weighted by atomic mass is 35.5. The first-order valence-corrected chi connectivity index (χ1v) is 22.8. The van der Waals surface area contributed by atoms with E-state index in [1.54, 1.807) is 11.9 Å². The van der Waals surface area contributed by atoms with Crippen LogP contribution in [0.2, 0.25) is 5.02 Å². The van der Waals surface area contributed by atoms with Gasteiger partial charge in [-0.2, -0.15) is 13.2 Å². The van der Waals surface area contributed by atoms with Gasteiger partial charge in [-0.15, -0.1) is 5.10 Å². The number of halogens is 4. The van der Waals surface area contributed by atoms with Gasteiger partial charge in [0.15, 0.2) is 11.5 Å². The van der Waals surface area contributed by atoms with Crippen LogP contribution < -0.4 is 21.3 Å². The van der Waals surface area contributed by atoms with Crippen molar-refractivity contribution in [1.82, 2.24) is 29.8 Å². The molecule has 2 saturated carbocycles. The van der Waals surface area contributed by atoms with Gasteiger partial charge in [-0.05, 0) is 123 Å². The Morgan fingerprint density at radius 1 is 0.953 bits per heavy atom. The van der Waals surface area contributed by atoms with Crippen LogP contribution in [0.1, 0.15) is 115 Å². The van der Waals surface area contributed by atoms with Crippen molar-refractivity contribution in [2.45, 2.75) is 102 Å². The molecule has 3 amide bonds. The average Bonchev–Trinajstić information content (AvgIpc) is 4.00. The van der Waals surface area contributed by atoms with Gasteiger partial charge in [0.2, 0.25) is 11.8 Å². The number of alkyl halides is 3. The Hall–Kier alpha value is -5.54. The molecule has 2 aliphatic carbocycles. The molecule has 2 saturated heterocycles. The van der Waals surface area contributed by atoms with E-state index in [0.717, 1.165) is 61.2 Å². The van der Waals surface area contributed by atoms with Crippen molar-refractivity contribution in [3.8, 4) is 11.3 Å². The Balaban J connectivity index is 0.00000166. The number of anilines is 3. The molecule has 1 spiro atoms. The number of hydrogen-bond acceptors (Lipinski definition) is 9. The number of imide groups is 1. The lowest BCUT2D eigenvalue weighted by Crippen LogP contribution is -2.47. The zero-order chi connectivity index (χ0) is 44.8. The summed E-state index contributed by atoms with van der Waals surface area (Å²) in [6.45, 7) is 1.37. The van der Waals surface area contributed by atoms with Crippen LogP contribution in [0.15, 0.2) is 67.0 Å². The molecule has 0 radical (unpaired) electrons.